The fourth-order valence-corrected chi connectivity index (χ4v) is 4.83. The maximum absolute atomic E-state index is 10.4. The van der Waals surface area contributed by atoms with Crippen LogP contribution < -0.4 is 0 Å². The molecule has 253 valence electrons. The number of aromatic hydroxyl groups is 4. The topological polar surface area (TPSA) is 166 Å². The van der Waals surface area contributed by atoms with Gasteiger partial charge in [-0.1, -0.05) is 47.5 Å². The molecule has 6 aromatic rings. The van der Waals surface area contributed by atoms with Gasteiger partial charge in [-0.25, -0.2) is 0 Å². The summed E-state index contributed by atoms with van der Waals surface area (Å²) in [5, 5.41) is 66.1. The first-order chi connectivity index (χ1) is 22.9. The smallest absolute Gasteiger partial charge is 0.243 e. The van der Waals surface area contributed by atoms with Crippen molar-refractivity contribution < 1.29 is 37.2 Å². The van der Waals surface area contributed by atoms with Crippen molar-refractivity contribution in [2.24, 2.45) is 20.5 Å². The van der Waals surface area contributed by atoms with E-state index in [1.807, 2.05) is 13.8 Å². The van der Waals surface area contributed by atoms with Gasteiger partial charge in [-0.2, -0.15) is 19.6 Å². The molecule has 6 rings (SSSR count). The summed E-state index contributed by atoms with van der Waals surface area (Å²) in [5.74, 6) is -0.260. The number of halogens is 2. The normalized spacial score (nSPS) is 11.1. The van der Waals surface area contributed by atoms with E-state index < -0.39 is 0 Å². The molecule has 0 aliphatic heterocycles. The van der Waals surface area contributed by atoms with Crippen molar-refractivity contribution >= 4 is 46.0 Å². The summed E-state index contributed by atoms with van der Waals surface area (Å²) >= 11 is 11.9. The minimum absolute atomic E-state index is 0. The second-order valence-electron chi connectivity index (χ2n) is 10.7. The number of benzene rings is 4. The molecule has 0 spiro atoms. The Morgan fingerprint density at radius 2 is 0.918 bits per heavy atom. The first-order valence-electron chi connectivity index (χ1n) is 14.4. The second-order valence-corrected chi connectivity index (χ2v) is 11.6. The van der Waals surface area contributed by atoms with E-state index in [2.05, 4.69) is 30.7 Å². The Labute approximate surface area is 301 Å². The van der Waals surface area contributed by atoms with Gasteiger partial charge in [0.2, 0.25) is 11.8 Å². The first-order valence-corrected chi connectivity index (χ1v) is 15.2. The third-order valence-electron chi connectivity index (χ3n) is 6.89. The Hall–Kier alpha value is -5.21. The van der Waals surface area contributed by atoms with Crippen LogP contribution in [0, 0.1) is 27.7 Å². The van der Waals surface area contributed by atoms with Gasteiger partial charge >= 0.3 is 0 Å². The van der Waals surface area contributed by atoms with E-state index in [0.29, 0.717) is 44.2 Å². The number of hydrogen-bond acceptors (Lipinski definition) is 10. The van der Waals surface area contributed by atoms with Gasteiger partial charge in [0.05, 0.1) is 22.8 Å². The average molecular weight is 745 g/mol. The van der Waals surface area contributed by atoms with Gasteiger partial charge in [0.25, 0.3) is 0 Å². The maximum Gasteiger partial charge on any atom is 0.243 e. The molecule has 0 fully saturated rings. The Morgan fingerprint density at radius 1 is 0.531 bits per heavy atom. The second kappa shape index (κ2) is 15.8. The molecule has 0 saturated heterocycles. The first kappa shape index (κ1) is 36.6. The van der Waals surface area contributed by atoms with Crippen LogP contribution in [0.25, 0.3) is 11.4 Å². The maximum atomic E-state index is 10.4. The Morgan fingerprint density at radius 3 is 1.29 bits per heavy atom. The molecule has 0 aliphatic carbocycles. The van der Waals surface area contributed by atoms with Crippen molar-refractivity contribution in [2.75, 3.05) is 0 Å². The minimum atomic E-state index is -0.148. The predicted molar refractivity (Wildman–Crippen MR) is 184 cm³/mol. The number of azo groups is 2. The molecular formula is C34H30Cl2CoN8O4. The van der Waals surface area contributed by atoms with Crippen molar-refractivity contribution in [3.05, 3.63) is 117 Å². The number of phenolic OH excluding ortho intramolecular Hbond substituents is 2. The van der Waals surface area contributed by atoms with Gasteiger partial charge in [-0.05, 0) is 99.5 Å². The average Bonchev–Trinajstić information content (AvgIpc) is 3.50. The van der Waals surface area contributed by atoms with Crippen molar-refractivity contribution in [3.63, 3.8) is 0 Å². The number of nitrogens with zero attached hydrogens (tertiary/aromatic N) is 8. The molecule has 4 aromatic carbocycles. The predicted octanol–water partition coefficient (Wildman–Crippen LogP) is 9.94. The van der Waals surface area contributed by atoms with E-state index in [0.717, 1.165) is 11.1 Å². The van der Waals surface area contributed by atoms with Crippen LogP contribution in [0.5, 0.6) is 23.3 Å². The van der Waals surface area contributed by atoms with Gasteiger partial charge in [-0.3, -0.25) is 0 Å². The quantitative estimate of drug-likeness (QED) is 0.124. The number of aryl methyl sites for hydroxylation is 4. The molecule has 0 saturated carbocycles. The Bertz CT molecular complexity index is 2030. The molecule has 0 atom stereocenters. The van der Waals surface area contributed by atoms with E-state index in [1.54, 1.807) is 98.8 Å². The molecule has 1 radical (unpaired) electrons. The SMILES string of the molecule is Cc1ccc(O)c(N=Nc2c(C)nn(-c3cccc(Cl)c3)c2O)c1.Cc1ccc(O)c(N=Nc2c(C)nn(-c3cccc(Cl)c3)c2O)c1.[Co]. The van der Waals surface area contributed by atoms with Gasteiger partial charge in [0.15, 0.2) is 11.4 Å². The van der Waals surface area contributed by atoms with Gasteiger partial charge in [-0.15, -0.1) is 20.5 Å². The Balaban J connectivity index is 0.000000216. The summed E-state index contributed by atoms with van der Waals surface area (Å²) in [5.41, 5.74) is 5.23. The van der Waals surface area contributed by atoms with Crippen LogP contribution in [0.3, 0.4) is 0 Å². The molecule has 0 bridgehead atoms. The van der Waals surface area contributed by atoms with Gasteiger partial charge < -0.3 is 20.4 Å². The largest absolute Gasteiger partial charge is 0.506 e. The third kappa shape index (κ3) is 8.64. The molecule has 49 heavy (non-hydrogen) atoms. The van der Waals surface area contributed by atoms with Crippen molar-refractivity contribution in [1.82, 2.24) is 19.6 Å². The van der Waals surface area contributed by atoms with E-state index in [4.69, 9.17) is 23.2 Å². The Kier molecular flexibility index (Phi) is 11.8. The van der Waals surface area contributed by atoms with Crippen molar-refractivity contribution in [2.45, 2.75) is 27.7 Å². The molecule has 0 unspecified atom stereocenters. The number of rotatable bonds is 6. The molecule has 2 aromatic heterocycles. The summed E-state index contributed by atoms with van der Waals surface area (Å²) in [6, 6.07) is 23.9. The van der Waals surface area contributed by atoms with Crippen LogP contribution in [0.2, 0.25) is 10.0 Å². The van der Waals surface area contributed by atoms with Crippen molar-refractivity contribution in [3.8, 4) is 34.6 Å². The molecule has 2 heterocycles. The van der Waals surface area contributed by atoms with E-state index in [1.165, 1.54) is 9.36 Å². The molecule has 4 N–H and O–H groups in total. The number of phenols is 2. The van der Waals surface area contributed by atoms with Crippen LogP contribution in [-0.2, 0) is 16.8 Å². The minimum Gasteiger partial charge on any atom is -0.506 e. The van der Waals surface area contributed by atoms with E-state index >= 15 is 0 Å². The zero-order chi connectivity index (χ0) is 34.5. The third-order valence-corrected chi connectivity index (χ3v) is 7.36. The van der Waals surface area contributed by atoms with Gasteiger partial charge in [0, 0.05) is 26.8 Å². The van der Waals surface area contributed by atoms with Crippen LogP contribution >= 0.6 is 23.2 Å². The molecule has 0 amide bonds. The summed E-state index contributed by atoms with van der Waals surface area (Å²) in [6.07, 6.45) is 0. The molecular weight excluding hydrogens is 714 g/mol. The van der Waals surface area contributed by atoms with Crippen LogP contribution in [-0.4, -0.2) is 40.0 Å². The number of aromatic nitrogens is 4. The summed E-state index contributed by atoms with van der Waals surface area (Å²) < 4.78 is 2.68. The monoisotopic (exact) mass is 743 g/mol. The standard InChI is InChI=1S/2C17H15ClN4O2.Co/c2*1-10-6-7-15(23)14(8-10)19-20-16-11(2)21-22(17(16)24)13-5-3-4-12(18)9-13;/h2*3-9,23-24H,1-2H3;. The fourth-order valence-electron chi connectivity index (χ4n) is 4.46. The van der Waals surface area contributed by atoms with Crippen LogP contribution in [0.15, 0.2) is 105 Å². The molecule has 12 nitrogen and oxygen atoms in total. The van der Waals surface area contributed by atoms with E-state index in [9.17, 15) is 20.4 Å². The summed E-state index contributed by atoms with van der Waals surface area (Å²) in [6.45, 7) is 7.20. The van der Waals surface area contributed by atoms with Crippen LogP contribution in [0.4, 0.5) is 22.7 Å². The zero-order valence-corrected chi connectivity index (χ0v) is 29.1. The summed E-state index contributed by atoms with van der Waals surface area (Å²) in [4.78, 5) is 0. The van der Waals surface area contributed by atoms with E-state index in [-0.39, 0.29) is 51.4 Å². The molecule has 0 aliphatic rings. The fraction of sp³-hybridized carbons (Fsp3) is 0.118. The van der Waals surface area contributed by atoms with Crippen LogP contribution in [0.1, 0.15) is 22.5 Å². The number of hydrogen-bond donors (Lipinski definition) is 4. The summed E-state index contributed by atoms with van der Waals surface area (Å²) in [7, 11) is 0. The zero-order valence-electron chi connectivity index (χ0n) is 26.5. The van der Waals surface area contributed by atoms with Gasteiger partial charge in [0.1, 0.15) is 22.9 Å². The molecule has 15 heteroatoms. The van der Waals surface area contributed by atoms with Crippen molar-refractivity contribution in [1.29, 1.82) is 0 Å².